The lowest BCUT2D eigenvalue weighted by Crippen LogP contribution is -2.28. The monoisotopic (exact) mass is 511 g/mol. The molecule has 156 valence electrons. The number of carbonyl (C=O) groups excluding carboxylic acids is 2. The fraction of sp³-hybridized carbons (Fsp3) is 0.158. The number of nitrogens with zero attached hydrogens (tertiary/aromatic N) is 3. The number of carbonyl (C=O) groups is 2. The predicted molar refractivity (Wildman–Crippen MR) is 118 cm³/mol. The third kappa shape index (κ3) is 4.81. The summed E-state index contributed by atoms with van der Waals surface area (Å²) in [6.07, 6.45) is 1.53. The maximum atomic E-state index is 13.1. The minimum absolute atomic E-state index is 0.0652. The van der Waals surface area contributed by atoms with Crippen molar-refractivity contribution >= 4 is 56.6 Å². The van der Waals surface area contributed by atoms with Crippen molar-refractivity contribution in [1.29, 1.82) is 0 Å². The van der Waals surface area contributed by atoms with Crippen molar-refractivity contribution in [1.82, 2.24) is 20.1 Å². The summed E-state index contributed by atoms with van der Waals surface area (Å²) < 4.78 is 1.71. The van der Waals surface area contributed by atoms with Gasteiger partial charge in [0.25, 0.3) is 11.8 Å². The number of pyridine rings is 1. The zero-order valence-electron chi connectivity index (χ0n) is 15.6. The molecule has 0 fully saturated rings. The first-order valence-electron chi connectivity index (χ1n) is 8.68. The summed E-state index contributed by atoms with van der Waals surface area (Å²) in [7, 11) is 0. The molecule has 0 aliphatic rings. The second kappa shape index (κ2) is 9.57. The molecule has 1 aromatic carbocycles. The van der Waals surface area contributed by atoms with Crippen molar-refractivity contribution in [2.75, 3.05) is 18.5 Å². The molecule has 0 spiro atoms. The van der Waals surface area contributed by atoms with Crippen LogP contribution in [0.4, 0.5) is 5.69 Å². The van der Waals surface area contributed by atoms with Gasteiger partial charge in [-0.2, -0.15) is 5.10 Å². The van der Waals surface area contributed by atoms with Gasteiger partial charge in [-0.05, 0) is 52.7 Å². The van der Waals surface area contributed by atoms with E-state index in [4.69, 9.17) is 28.3 Å². The molecule has 30 heavy (non-hydrogen) atoms. The van der Waals surface area contributed by atoms with Gasteiger partial charge >= 0.3 is 0 Å². The normalized spacial score (nSPS) is 10.7. The first-order chi connectivity index (χ1) is 14.3. The SMILES string of the molecule is Cc1cc(Cl)cc(C(=O)NCCO)c1NC(=O)c1cc(Br)nn1-c1ncccc1Cl. The van der Waals surface area contributed by atoms with Crippen LogP contribution in [0.3, 0.4) is 0 Å². The third-order valence-electron chi connectivity index (χ3n) is 4.03. The standard InChI is InChI=1S/C19H16BrCl2N5O3/c1-10-7-11(21)8-12(18(29)24-5-6-28)16(10)25-19(30)14-9-15(20)26-27(14)17-13(22)3-2-4-23-17/h2-4,7-9,28H,5-6H2,1H3,(H,24,29)(H,25,30). The van der Waals surface area contributed by atoms with E-state index in [1.54, 1.807) is 25.1 Å². The number of hydrogen-bond donors (Lipinski definition) is 3. The number of rotatable bonds is 6. The Labute approximate surface area is 190 Å². The van der Waals surface area contributed by atoms with Crippen molar-refractivity contribution < 1.29 is 14.7 Å². The number of aromatic nitrogens is 3. The van der Waals surface area contributed by atoms with E-state index in [1.165, 1.54) is 23.0 Å². The van der Waals surface area contributed by atoms with Crippen molar-refractivity contribution in [3.8, 4) is 5.82 Å². The van der Waals surface area contributed by atoms with E-state index < -0.39 is 11.8 Å². The minimum atomic E-state index is -0.531. The van der Waals surface area contributed by atoms with Gasteiger partial charge in [-0.1, -0.05) is 23.2 Å². The van der Waals surface area contributed by atoms with E-state index in [1.807, 2.05) is 0 Å². The average Bonchev–Trinajstić information content (AvgIpc) is 3.09. The summed E-state index contributed by atoms with van der Waals surface area (Å²) in [6, 6.07) is 7.88. The first kappa shape index (κ1) is 22.2. The molecule has 2 heterocycles. The lowest BCUT2D eigenvalue weighted by Gasteiger charge is -2.15. The summed E-state index contributed by atoms with van der Waals surface area (Å²) >= 11 is 15.6. The van der Waals surface area contributed by atoms with Crippen LogP contribution in [0.1, 0.15) is 26.4 Å². The lowest BCUT2D eigenvalue weighted by molar-refractivity contribution is 0.0945. The van der Waals surface area contributed by atoms with Gasteiger partial charge in [-0.3, -0.25) is 9.59 Å². The highest BCUT2D eigenvalue weighted by Gasteiger charge is 2.22. The van der Waals surface area contributed by atoms with Gasteiger partial charge < -0.3 is 15.7 Å². The van der Waals surface area contributed by atoms with Crippen LogP contribution in [0.25, 0.3) is 5.82 Å². The number of aryl methyl sites for hydroxylation is 1. The Morgan fingerprint density at radius 2 is 2.00 bits per heavy atom. The van der Waals surface area contributed by atoms with Gasteiger partial charge in [0, 0.05) is 23.8 Å². The topological polar surface area (TPSA) is 109 Å². The van der Waals surface area contributed by atoms with Crippen molar-refractivity contribution in [2.24, 2.45) is 0 Å². The number of hydrogen-bond acceptors (Lipinski definition) is 5. The number of benzene rings is 1. The fourth-order valence-corrected chi connectivity index (χ4v) is 3.59. The molecular formula is C19H16BrCl2N5O3. The zero-order chi connectivity index (χ0) is 21.8. The number of nitrogens with one attached hydrogen (secondary N) is 2. The highest BCUT2D eigenvalue weighted by molar-refractivity contribution is 9.10. The number of aliphatic hydroxyl groups is 1. The Kier molecular flexibility index (Phi) is 7.09. The lowest BCUT2D eigenvalue weighted by atomic mass is 10.1. The van der Waals surface area contributed by atoms with E-state index in [-0.39, 0.29) is 35.9 Å². The summed E-state index contributed by atoms with van der Waals surface area (Å²) in [5.41, 5.74) is 1.20. The molecule has 0 saturated heterocycles. The summed E-state index contributed by atoms with van der Waals surface area (Å²) in [5, 5.41) is 19.2. The van der Waals surface area contributed by atoms with Crippen LogP contribution >= 0.6 is 39.1 Å². The molecule has 8 nitrogen and oxygen atoms in total. The van der Waals surface area contributed by atoms with E-state index >= 15 is 0 Å². The van der Waals surface area contributed by atoms with Crippen LogP contribution in [0.15, 0.2) is 41.1 Å². The summed E-state index contributed by atoms with van der Waals surface area (Å²) in [5.74, 6) is -0.729. The quantitative estimate of drug-likeness (QED) is 0.467. The zero-order valence-corrected chi connectivity index (χ0v) is 18.7. The van der Waals surface area contributed by atoms with Gasteiger partial charge in [0.15, 0.2) is 5.82 Å². The second-order valence-corrected chi connectivity index (χ2v) is 7.81. The molecule has 0 saturated carbocycles. The molecule has 0 aliphatic heterocycles. The maximum Gasteiger partial charge on any atom is 0.274 e. The molecule has 0 aliphatic carbocycles. The minimum Gasteiger partial charge on any atom is -0.395 e. The molecule has 2 amide bonds. The molecule has 0 unspecified atom stereocenters. The van der Waals surface area contributed by atoms with Crippen molar-refractivity contribution in [2.45, 2.75) is 6.92 Å². The molecule has 2 aromatic heterocycles. The fourth-order valence-electron chi connectivity index (χ4n) is 2.74. The van der Waals surface area contributed by atoms with Crippen molar-refractivity contribution in [3.05, 3.63) is 68.0 Å². The van der Waals surface area contributed by atoms with E-state index in [0.29, 0.717) is 20.2 Å². The third-order valence-corrected chi connectivity index (χ3v) is 4.93. The van der Waals surface area contributed by atoms with Crippen LogP contribution in [0.5, 0.6) is 0 Å². The maximum absolute atomic E-state index is 13.1. The van der Waals surface area contributed by atoms with E-state index in [0.717, 1.165) is 0 Å². The van der Waals surface area contributed by atoms with Crippen LogP contribution < -0.4 is 10.6 Å². The Hall–Kier alpha value is -2.46. The van der Waals surface area contributed by atoms with Crippen LogP contribution in [0, 0.1) is 6.92 Å². The Morgan fingerprint density at radius 1 is 1.23 bits per heavy atom. The van der Waals surface area contributed by atoms with Gasteiger partial charge in [0.05, 0.1) is 22.9 Å². The molecule has 0 bridgehead atoms. The number of anilines is 1. The molecule has 11 heteroatoms. The van der Waals surface area contributed by atoms with Crippen LogP contribution in [-0.4, -0.2) is 44.8 Å². The highest BCUT2D eigenvalue weighted by atomic mass is 79.9. The predicted octanol–water partition coefficient (Wildman–Crippen LogP) is 3.62. The van der Waals surface area contributed by atoms with Gasteiger partial charge in [-0.25, -0.2) is 9.67 Å². The smallest absolute Gasteiger partial charge is 0.274 e. The Morgan fingerprint density at radius 3 is 2.70 bits per heavy atom. The van der Waals surface area contributed by atoms with Gasteiger partial charge in [-0.15, -0.1) is 0 Å². The van der Waals surface area contributed by atoms with Crippen LogP contribution in [0.2, 0.25) is 10.0 Å². The van der Waals surface area contributed by atoms with Gasteiger partial charge in [0.1, 0.15) is 10.3 Å². The van der Waals surface area contributed by atoms with Gasteiger partial charge in [0.2, 0.25) is 0 Å². The second-order valence-electron chi connectivity index (χ2n) is 6.15. The summed E-state index contributed by atoms with van der Waals surface area (Å²) in [6.45, 7) is 1.56. The summed E-state index contributed by atoms with van der Waals surface area (Å²) in [4.78, 5) is 29.8. The molecular weight excluding hydrogens is 497 g/mol. The number of aliphatic hydroxyl groups excluding tert-OH is 1. The van der Waals surface area contributed by atoms with Crippen LogP contribution in [-0.2, 0) is 0 Å². The number of halogens is 3. The van der Waals surface area contributed by atoms with E-state index in [9.17, 15) is 9.59 Å². The Bertz CT molecular complexity index is 1120. The molecule has 3 N–H and O–H groups in total. The molecule has 3 rings (SSSR count). The molecule has 0 atom stereocenters. The van der Waals surface area contributed by atoms with E-state index in [2.05, 4.69) is 36.6 Å². The first-order valence-corrected chi connectivity index (χ1v) is 10.2. The Balaban J connectivity index is 2.00. The van der Waals surface area contributed by atoms with Crippen molar-refractivity contribution in [3.63, 3.8) is 0 Å². The molecule has 3 aromatic rings. The number of amides is 2. The molecule has 0 radical (unpaired) electrons. The highest BCUT2D eigenvalue weighted by Crippen LogP contribution is 2.27. The largest absolute Gasteiger partial charge is 0.395 e. The average molecular weight is 513 g/mol.